The molecule has 5 nitrogen and oxygen atoms in total. The second kappa shape index (κ2) is 9.76. The maximum atomic E-state index is 12.7. The lowest BCUT2D eigenvalue weighted by atomic mass is 10.1. The fourth-order valence-electron chi connectivity index (χ4n) is 1.70. The largest absolute Gasteiger partial charge is 0.384 e. The van der Waals surface area contributed by atoms with Gasteiger partial charge in [-0.25, -0.2) is 4.39 Å². The number of benzene rings is 1. The first-order chi connectivity index (χ1) is 10.5. The normalized spacial score (nSPS) is 11.5. The summed E-state index contributed by atoms with van der Waals surface area (Å²) in [6.45, 7) is 4.50. The number of nitrogens with one attached hydrogen (secondary N) is 1. The van der Waals surface area contributed by atoms with Gasteiger partial charge in [0.15, 0.2) is 6.61 Å². The zero-order chi connectivity index (χ0) is 16.4. The average Bonchev–Trinajstić information content (AvgIpc) is 2.47. The van der Waals surface area contributed by atoms with Crippen LogP contribution in [0.5, 0.6) is 0 Å². The fraction of sp³-hybridized carbons (Fsp3) is 0.500. The molecule has 0 bridgehead atoms. The topological polar surface area (TPSA) is 76.7 Å². The lowest BCUT2D eigenvalue weighted by Gasteiger charge is -2.06. The van der Waals surface area contributed by atoms with E-state index in [-0.39, 0.29) is 18.3 Å². The highest BCUT2D eigenvalue weighted by Crippen LogP contribution is 2.03. The Labute approximate surface area is 130 Å². The summed E-state index contributed by atoms with van der Waals surface area (Å²) in [6, 6.07) is 6.18. The lowest BCUT2D eigenvalue weighted by Crippen LogP contribution is -2.29. The van der Waals surface area contributed by atoms with Crippen molar-refractivity contribution in [3.8, 4) is 0 Å². The smallest absolute Gasteiger partial charge is 0.260 e. The van der Waals surface area contributed by atoms with Crippen LogP contribution >= 0.6 is 0 Å². The SMILES string of the molecule is CC(C)CC/C(N)=N/OCC(=O)NCCc1ccc(F)cc1. The fourth-order valence-corrected chi connectivity index (χ4v) is 1.70. The molecule has 1 rings (SSSR count). The van der Waals surface area contributed by atoms with Crippen molar-refractivity contribution in [3.63, 3.8) is 0 Å². The molecule has 0 aliphatic carbocycles. The quantitative estimate of drug-likeness (QED) is 0.417. The van der Waals surface area contributed by atoms with Gasteiger partial charge in [-0.15, -0.1) is 0 Å². The van der Waals surface area contributed by atoms with Crippen molar-refractivity contribution in [2.75, 3.05) is 13.2 Å². The predicted octanol–water partition coefficient (Wildman–Crippen LogP) is 2.21. The Morgan fingerprint density at radius 3 is 2.68 bits per heavy atom. The number of rotatable bonds is 9. The van der Waals surface area contributed by atoms with Crippen LogP contribution in [0.2, 0.25) is 0 Å². The minimum atomic E-state index is -0.269. The van der Waals surface area contributed by atoms with Gasteiger partial charge in [-0.2, -0.15) is 0 Å². The molecule has 0 aliphatic heterocycles. The van der Waals surface area contributed by atoms with E-state index in [4.69, 9.17) is 10.6 Å². The molecule has 6 heteroatoms. The van der Waals surface area contributed by atoms with Gasteiger partial charge in [0.05, 0.1) is 0 Å². The molecule has 0 radical (unpaired) electrons. The van der Waals surface area contributed by atoms with Crippen LogP contribution in [0.25, 0.3) is 0 Å². The molecule has 0 aliphatic rings. The van der Waals surface area contributed by atoms with Gasteiger partial charge in [0.1, 0.15) is 11.7 Å². The Balaban J connectivity index is 2.15. The summed E-state index contributed by atoms with van der Waals surface area (Å²) in [6.07, 6.45) is 2.22. The number of amides is 1. The van der Waals surface area contributed by atoms with Crippen LogP contribution in [-0.4, -0.2) is 24.9 Å². The highest BCUT2D eigenvalue weighted by atomic mass is 19.1. The molecular weight excluding hydrogens is 285 g/mol. The third-order valence-corrected chi connectivity index (χ3v) is 3.00. The van der Waals surface area contributed by atoms with Gasteiger partial charge in [-0.3, -0.25) is 4.79 Å². The standard InChI is InChI=1S/C16H24FN3O2/c1-12(2)3-8-15(18)20-22-11-16(21)19-10-9-13-4-6-14(17)7-5-13/h4-7,12H,3,8-11H2,1-2H3,(H2,18,20)(H,19,21). The van der Waals surface area contributed by atoms with Crippen molar-refractivity contribution in [3.05, 3.63) is 35.6 Å². The molecule has 0 atom stereocenters. The second-order valence-electron chi connectivity index (χ2n) is 5.52. The maximum absolute atomic E-state index is 12.7. The highest BCUT2D eigenvalue weighted by molar-refractivity contribution is 5.80. The first kappa shape index (κ1) is 17.9. The number of nitrogens with two attached hydrogens (primary N) is 1. The van der Waals surface area contributed by atoms with Gasteiger partial charge in [-0.05, 0) is 36.5 Å². The summed E-state index contributed by atoms with van der Waals surface area (Å²) < 4.78 is 12.7. The molecular formula is C16H24FN3O2. The van der Waals surface area contributed by atoms with Gasteiger partial charge < -0.3 is 15.9 Å². The molecule has 22 heavy (non-hydrogen) atoms. The first-order valence-corrected chi connectivity index (χ1v) is 7.43. The van der Waals surface area contributed by atoms with Crippen molar-refractivity contribution in [1.82, 2.24) is 5.32 Å². The summed E-state index contributed by atoms with van der Waals surface area (Å²) in [5, 5.41) is 6.41. The molecule has 0 fully saturated rings. The van der Waals surface area contributed by atoms with Gasteiger partial charge >= 0.3 is 0 Å². The number of carbonyl (C=O) groups is 1. The summed E-state index contributed by atoms with van der Waals surface area (Å²) in [5.41, 5.74) is 6.62. The summed E-state index contributed by atoms with van der Waals surface area (Å²) in [5.74, 6) is 0.410. The van der Waals surface area contributed by atoms with Crippen LogP contribution in [0, 0.1) is 11.7 Å². The van der Waals surface area contributed by atoms with E-state index in [2.05, 4.69) is 24.3 Å². The molecule has 1 amide bonds. The Morgan fingerprint density at radius 1 is 1.36 bits per heavy atom. The molecule has 0 spiro atoms. The monoisotopic (exact) mass is 309 g/mol. The molecule has 1 aromatic rings. The minimum absolute atomic E-state index is 0.161. The molecule has 122 valence electrons. The summed E-state index contributed by atoms with van der Waals surface area (Å²) >= 11 is 0. The van der Waals surface area contributed by atoms with Crippen LogP contribution in [0.3, 0.4) is 0 Å². The van der Waals surface area contributed by atoms with Crippen molar-refractivity contribution < 1.29 is 14.0 Å². The molecule has 0 aromatic heterocycles. The van der Waals surface area contributed by atoms with Crippen LogP contribution in [0.1, 0.15) is 32.3 Å². The molecule has 3 N–H and O–H groups in total. The Kier molecular flexibility index (Phi) is 7.96. The molecule has 0 heterocycles. The summed E-state index contributed by atoms with van der Waals surface area (Å²) in [4.78, 5) is 16.4. The first-order valence-electron chi connectivity index (χ1n) is 7.43. The molecule has 0 unspecified atom stereocenters. The van der Waals surface area contributed by atoms with Gasteiger partial charge in [0.2, 0.25) is 0 Å². The maximum Gasteiger partial charge on any atom is 0.260 e. The highest BCUT2D eigenvalue weighted by Gasteiger charge is 2.02. The number of carbonyl (C=O) groups excluding carboxylic acids is 1. The van der Waals surface area contributed by atoms with E-state index in [1.165, 1.54) is 12.1 Å². The number of hydrogen-bond acceptors (Lipinski definition) is 3. The van der Waals surface area contributed by atoms with E-state index in [1.54, 1.807) is 12.1 Å². The van der Waals surface area contributed by atoms with Crippen molar-refractivity contribution >= 4 is 11.7 Å². The summed E-state index contributed by atoms with van der Waals surface area (Å²) in [7, 11) is 0. The van der Waals surface area contributed by atoms with Gasteiger partial charge in [0.25, 0.3) is 5.91 Å². The van der Waals surface area contributed by atoms with E-state index in [1.807, 2.05) is 0 Å². The third-order valence-electron chi connectivity index (χ3n) is 3.00. The van der Waals surface area contributed by atoms with Gasteiger partial charge in [0, 0.05) is 13.0 Å². The van der Waals surface area contributed by atoms with Crippen LogP contribution in [0.4, 0.5) is 4.39 Å². The van der Waals surface area contributed by atoms with Gasteiger partial charge in [-0.1, -0.05) is 31.1 Å². The third kappa shape index (κ3) is 8.24. The van der Waals surface area contributed by atoms with Crippen LogP contribution in [0.15, 0.2) is 29.4 Å². The van der Waals surface area contributed by atoms with E-state index in [9.17, 15) is 9.18 Å². The number of hydrogen-bond donors (Lipinski definition) is 2. The van der Waals surface area contributed by atoms with Crippen molar-refractivity contribution in [1.29, 1.82) is 0 Å². The zero-order valence-electron chi connectivity index (χ0n) is 13.1. The Bertz CT molecular complexity index is 487. The van der Waals surface area contributed by atoms with E-state index in [0.717, 1.165) is 12.0 Å². The number of halogens is 1. The van der Waals surface area contributed by atoms with Crippen LogP contribution < -0.4 is 11.1 Å². The van der Waals surface area contributed by atoms with E-state index in [0.29, 0.717) is 31.1 Å². The molecule has 0 saturated heterocycles. The van der Waals surface area contributed by atoms with Crippen molar-refractivity contribution in [2.45, 2.75) is 33.1 Å². The van der Waals surface area contributed by atoms with Crippen molar-refractivity contribution in [2.24, 2.45) is 16.8 Å². The van der Waals surface area contributed by atoms with E-state index < -0.39 is 0 Å². The average molecular weight is 309 g/mol. The molecule has 1 aromatic carbocycles. The molecule has 0 saturated carbocycles. The predicted molar refractivity (Wildman–Crippen MR) is 84.8 cm³/mol. The Morgan fingerprint density at radius 2 is 2.05 bits per heavy atom. The van der Waals surface area contributed by atoms with E-state index >= 15 is 0 Å². The number of nitrogens with zero attached hydrogens (tertiary/aromatic N) is 1. The lowest BCUT2D eigenvalue weighted by molar-refractivity contribution is -0.125. The second-order valence-corrected chi connectivity index (χ2v) is 5.52. The number of oxime groups is 1. The Hall–Kier alpha value is -2.11. The van der Waals surface area contributed by atoms with Crippen LogP contribution in [-0.2, 0) is 16.1 Å². The number of amidine groups is 1. The zero-order valence-corrected chi connectivity index (χ0v) is 13.1. The minimum Gasteiger partial charge on any atom is -0.384 e.